The van der Waals surface area contributed by atoms with Gasteiger partial charge in [0.1, 0.15) is 18.1 Å². The first kappa shape index (κ1) is 24.2. The summed E-state index contributed by atoms with van der Waals surface area (Å²) >= 11 is 6.22. The van der Waals surface area contributed by atoms with Gasteiger partial charge in [0, 0.05) is 35.7 Å². The number of rotatable bonds is 7. The van der Waals surface area contributed by atoms with Crippen LogP contribution < -0.4 is 21.4 Å². The second kappa shape index (κ2) is 9.74. The van der Waals surface area contributed by atoms with Crippen molar-refractivity contribution in [2.75, 3.05) is 6.54 Å². The van der Waals surface area contributed by atoms with Crippen LogP contribution in [0.5, 0.6) is 0 Å². The van der Waals surface area contributed by atoms with E-state index in [-0.39, 0.29) is 28.9 Å². The second-order valence-corrected chi connectivity index (χ2v) is 9.77. The lowest BCUT2D eigenvalue weighted by atomic mass is 9.89. The van der Waals surface area contributed by atoms with E-state index in [0.717, 1.165) is 18.4 Å². The minimum absolute atomic E-state index is 0.0609. The summed E-state index contributed by atoms with van der Waals surface area (Å²) in [5.41, 5.74) is 13.4. The van der Waals surface area contributed by atoms with E-state index < -0.39 is 16.6 Å². The van der Waals surface area contributed by atoms with Crippen LogP contribution in [0.4, 0.5) is 5.69 Å². The summed E-state index contributed by atoms with van der Waals surface area (Å²) in [5.74, 6) is -0.631. The van der Waals surface area contributed by atoms with Crippen molar-refractivity contribution >= 4 is 34.9 Å². The predicted molar refractivity (Wildman–Crippen MR) is 133 cm³/mol. The lowest BCUT2D eigenvalue weighted by molar-refractivity contribution is -0.125. The molecule has 1 aliphatic carbocycles. The normalized spacial score (nSPS) is 22.2. The average molecular weight is 484 g/mol. The van der Waals surface area contributed by atoms with Gasteiger partial charge in [-0.2, -0.15) is 0 Å². The van der Waals surface area contributed by atoms with Gasteiger partial charge in [-0.25, -0.2) is 0 Å². The quantitative estimate of drug-likeness (QED) is 0.207. The number of nitrogen functional groups attached to an aromatic ring is 1. The number of carbonyl (C=O) groups is 2. The zero-order valence-electron chi connectivity index (χ0n) is 19.0. The van der Waals surface area contributed by atoms with Crippen LogP contribution in [0.25, 0.3) is 0 Å². The van der Waals surface area contributed by atoms with Gasteiger partial charge in [0.25, 0.3) is 5.91 Å². The van der Waals surface area contributed by atoms with E-state index in [1.54, 1.807) is 30.3 Å². The van der Waals surface area contributed by atoms with E-state index in [0.29, 0.717) is 35.7 Å². The molecule has 1 saturated carbocycles. The molecule has 0 radical (unpaired) electrons. The molecule has 6 N–H and O–H groups in total. The molecule has 2 unspecified atom stereocenters. The molecule has 180 valence electrons. The highest BCUT2D eigenvalue weighted by atomic mass is 35.5. The van der Waals surface area contributed by atoms with Gasteiger partial charge >= 0.3 is 0 Å². The molecule has 34 heavy (non-hydrogen) atoms. The molecule has 8 nitrogen and oxygen atoms in total. The van der Waals surface area contributed by atoms with Crippen LogP contribution in [0.15, 0.2) is 36.4 Å². The third-order valence-corrected chi connectivity index (χ3v) is 7.34. The SMILES string of the molecule is N=C(N)c1ccc2c(c1)[N+]([O-])(Cc1ccc(C(N)=O)c(Cl)c1)C(C(=O)NCC1CCCCC1)C2. The monoisotopic (exact) mass is 483 g/mol. The Balaban J connectivity index is 1.64. The number of amidine groups is 1. The fraction of sp³-hybridized carbons (Fsp3) is 0.400. The molecule has 0 aromatic heterocycles. The second-order valence-electron chi connectivity index (χ2n) is 9.36. The molecule has 2 aromatic rings. The maximum Gasteiger partial charge on any atom is 0.279 e. The van der Waals surface area contributed by atoms with Gasteiger partial charge in [-0.15, -0.1) is 0 Å². The molecule has 2 amide bonds. The molecular weight excluding hydrogens is 454 g/mol. The summed E-state index contributed by atoms with van der Waals surface area (Å²) in [6, 6.07) is 8.87. The topological polar surface area (TPSA) is 145 Å². The lowest BCUT2D eigenvalue weighted by Crippen LogP contribution is -2.56. The highest BCUT2D eigenvalue weighted by Crippen LogP contribution is 2.41. The molecule has 1 aliphatic heterocycles. The fourth-order valence-electron chi connectivity index (χ4n) is 5.14. The summed E-state index contributed by atoms with van der Waals surface area (Å²) in [7, 11) is 0. The minimum atomic E-state index is -0.917. The molecule has 4 rings (SSSR count). The summed E-state index contributed by atoms with van der Waals surface area (Å²) in [6.07, 6.45) is 6.06. The fourth-order valence-corrected chi connectivity index (χ4v) is 5.44. The van der Waals surface area contributed by atoms with E-state index in [4.69, 9.17) is 28.5 Å². The van der Waals surface area contributed by atoms with Gasteiger partial charge in [-0.3, -0.25) is 15.0 Å². The van der Waals surface area contributed by atoms with Gasteiger partial charge in [0.05, 0.1) is 10.6 Å². The van der Waals surface area contributed by atoms with Crippen molar-refractivity contribution in [3.63, 3.8) is 0 Å². The Morgan fingerprint density at radius 2 is 1.85 bits per heavy atom. The molecule has 0 spiro atoms. The van der Waals surface area contributed by atoms with Crippen LogP contribution in [0.1, 0.15) is 59.2 Å². The third-order valence-electron chi connectivity index (χ3n) is 7.03. The van der Waals surface area contributed by atoms with Crippen LogP contribution in [0.3, 0.4) is 0 Å². The van der Waals surface area contributed by atoms with E-state index in [9.17, 15) is 14.8 Å². The van der Waals surface area contributed by atoms with Crippen molar-refractivity contribution in [1.82, 2.24) is 9.96 Å². The molecule has 9 heteroatoms. The number of halogens is 1. The number of fused-ring (bicyclic) bond motifs is 1. The number of amides is 2. The van der Waals surface area contributed by atoms with Crippen LogP contribution in [0, 0.1) is 16.5 Å². The van der Waals surface area contributed by atoms with Gasteiger partial charge in [-0.1, -0.05) is 49.1 Å². The predicted octanol–water partition coefficient (Wildman–Crippen LogP) is 3.35. The van der Waals surface area contributed by atoms with Gasteiger partial charge in [0.15, 0.2) is 6.04 Å². The van der Waals surface area contributed by atoms with Crippen LogP contribution in [0.2, 0.25) is 5.02 Å². The first-order chi connectivity index (χ1) is 16.2. The largest absolute Gasteiger partial charge is 0.627 e. The third kappa shape index (κ3) is 4.80. The molecule has 0 saturated heterocycles. The van der Waals surface area contributed by atoms with Crippen molar-refractivity contribution in [3.05, 3.63) is 68.9 Å². The van der Waals surface area contributed by atoms with E-state index in [1.165, 1.54) is 25.3 Å². The van der Waals surface area contributed by atoms with Gasteiger partial charge in [0.2, 0.25) is 5.91 Å². The number of nitrogens with one attached hydrogen (secondary N) is 2. The molecule has 2 atom stereocenters. The average Bonchev–Trinajstić information content (AvgIpc) is 3.09. The van der Waals surface area contributed by atoms with Crippen LogP contribution in [-0.4, -0.2) is 30.2 Å². The maximum atomic E-state index is 14.5. The lowest BCUT2D eigenvalue weighted by Gasteiger charge is -2.43. The standard InChI is InChI=1S/C25H30ClN5O3/c26-20-10-16(6-9-19(20)24(29)32)14-31(34)21-12-18(23(27)28)8-7-17(21)11-22(31)25(33)30-13-15-4-2-1-3-5-15/h6-10,12,15,22H,1-5,11,13-14H2,(H3,27,28)(H2,29,32)(H,30,33). The Labute approximate surface area is 203 Å². The van der Waals surface area contributed by atoms with Crippen molar-refractivity contribution in [3.8, 4) is 0 Å². The number of hydrogen-bond acceptors (Lipinski definition) is 4. The van der Waals surface area contributed by atoms with E-state index >= 15 is 0 Å². The number of hydroxylamine groups is 2. The molecular formula is C25H30ClN5O3. The Morgan fingerprint density at radius 3 is 2.50 bits per heavy atom. The highest BCUT2D eigenvalue weighted by Gasteiger charge is 2.45. The number of hydrogen-bond donors (Lipinski definition) is 4. The summed E-state index contributed by atoms with van der Waals surface area (Å²) < 4.78 is -0.917. The van der Waals surface area contributed by atoms with Crippen molar-refractivity contribution in [2.24, 2.45) is 17.4 Å². The molecule has 2 aliphatic rings. The maximum absolute atomic E-state index is 14.5. The Hall–Kier alpha value is -2.94. The number of primary amides is 1. The minimum Gasteiger partial charge on any atom is -0.627 e. The summed E-state index contributed by atoms with van der Waals surface area (Å²) in [4.78, 5) is 24.8. The van der Waals surface area contributed by atoms with Gasteiger partial charge in [-0.05, 0) is 30.9 Å². The molecule has 2 aromatic carbocycles. The van der Waals surface area contributed by atoms with E-state index in [2.05, 4.69) is 5.32 Å². The Morgan fingerprint density at radius 1 is 1.12 bits per heavy atom. The Kier molecular flexibility index (Phi) is 6.93. The number of carbonyl (C=O) groups excluding carboxylic acids is 2. The number of nitrogens with zero attached hydrogens (tertiary/aromatic N) is 1. The van der Waals surface area contributed by atoms with Gasteiger partial charge < -0.3 is 26.6 Å². The summed E-state index contributed by atoms with van der Waals surface area (Å²) in [6.45, 7) is 0.512. The van der Waals surface area contributed by atoms with Crippen molar-refractivity contribution in [2.45, 2.75) is 51.1 Å². The zero-order valence-corrected chi connectivity index (χ0v) is 19.7. The Bertz CT molecular complexity index is 1130. The number of benzene rings is 2. The first-order valence-electron chi connectivity index (χ1n) is 11.6. The van der Waals surface area contributed by atoms with Crippen LogP contribution in [-0.2, 0) is 17.8 Å². The molecule has 1 fully saturated rings. The molecule has 1 heterocycles. The van der Waals surface area contributed by atoms with Crippen LogP contribution >= 0.6 is 11.6 Å². The summed E-state index contributed by atoms with van der Waals surface area (Å²) in [5, 5.41) is 25.4. The van der Waals surface area contributed by atoms with E-state index in [1.807, 2.05) is 0 Å². The number of quaternary nitrogens is 1. The first-order valence-corrected chi connectivity index (χ1v) is 12.0. The zero-order chi connectivity index (χ0) is 24.5. The van der Waals surface area contributed by atoms with Crippen molar-refractivity contribution < 1.29 is 9.59 Å². The van der Waals surface area contributed by atoms with Crippen molar-refractivity contribution in [1.29, 1.82) is 5.41 Å². The smallest absolute Gasteiger partial charge is 0.279 e. The highest BCUT2D eigenvalue weighted by molar-refractivity contribution is 6.33. The molecule has 0 bridgehead atoms. The number of nitrogens with two attached hydrogens (primary N) is 2.